The Hall–Kier alpha value is -2.49. The Bertz CT molecular complexity index is 684. The van der Waals surface area contributed by atoms with Crippen LogP contribution in [-0.2, 0) is 11.2 Å². The molecule has 1 aliphatic rings. The van der Waals surface area contributed by atoms with Crippen molar-refractivity contribution < 1.29 is 14.0 Å². The number of Topliss-reactive ketones (excluding diaryl/α,β-unsaturated/α-hetero) is 1. The molecule has 0 radical (unpaired) electrons. The van der Waals surface area contributed by atoms with Crippen molar-refractivity contribution >= 4 is 17.4 Å². The molecule has 3 nitrogen and oxygen atoms in total. The van der Waals surface area contributed by atoms with E-state index in [1.54, 1.807) is 48.5 Å². The van der Waals surface area contributed by atoms with Crippen molar-refractivity contribution in [2.75, 3.05) is 5.32 Å². The average molecular weight is 269 g/mol. The van der Waals surface area contributed by atoms with Crippen LogP contribution in [-0.4, -0.2) is 17.4 Å². The van der Waals surface area contributed by atoms with Gasteiger partial charge in [-0.3, -0.25) is 9.59 Å². The molecule has 0 unspecified atom stereocenters. The van der Waals surface area contributed by atoms with Gasteiger partial charge in [0.2, 0.25) is 5.78 Å². The van der Waals surface area contributed by atoms with Crippen molar-refractivity contribution in [3.8, 4) is 0 Å². The van der Waals surface area contributed by atoms with Gasteiger partial charge < -0.3 is 5.32 Å². The van der Waals surface area contributed by atoms with Gasteiger partial charge in [0, 0.05) is 12.0 Å². The molecule has 2 aromatic rings. The number of carbonyl (C=O) groups is 2. The first kappa shape index (κ1) is 12.5. The smallest absolute Gasteiger partial charge is 0.270 e. The van der Waals surface area contributed by atoms with Crippen LogP contribution in [0.2, 0.25) is 0 Å². The van der Waals surface area contributed by atoms with Crippen LogP contribution in [0.4, 0.5) is 10.1 Å². The lowest BCUT2D eigenvalue weighted by Gasteiger charge is -2.28. The third-order valence-electron chi connectivity index (χ3n) is 3.43. The Labute approximate surface area is 115 Å². The van der Waals surface area contributed by atoms with E-state index in [1.165, 1.54) is 6.07 Å². The summed E-state index contributed by atoms with van der Waals surface area (Å²) in [6.07, 6.45) is -0.257. The topological polar surface area (TPSA) is 46.2 Å². The van der Waals surface area contributed by atoms with Gasteiger partial charge in [0.25, 0.3) is 11.6 Å². The summed E-state index contributed by atoms with van der Waals surface area (Å²) in [5, 5.41) is 2.47. The predicted octanol–water partition coefficient (Wildman–Crippen LogP) is 2.77. The number of anilines is 1. The highest BCUT2D eigenvalue weighted by Crippen LogP contribution is 2.32. The van der Waals surface area contributed by atoms with Crippen molar-refractivity contribution in [1.29, 1.82) is 0 Å². The second-order valence-corrected chi connectivity index (χ2v) is 4.79. The molecule has 0 spiro atoms. The maximum Gasteiger partial charge on any atom is 0.270 e. The molecule has 0 aliphatic carbocycles. The van der Waals surface area contributed by atoms with Gasteiger partial charge in [0.15, 0.2) is 0 Å². The number of rotatable bonds is 2. The zero-order chi connectivity index (χ0) is 14.2. The molecule has 1 aliphatic heterocycles. The van der Waals surface area contributed by atoms with Crippen molar-refractivity contribution in [3.63, 3.8) is 0 Å². The van der Waals surface area contributed by atoms with E-state index < -0.39 is 17.4 Å². The largest absolute Gasteiger partial charge is 0.322 e. The predicted molar refractivity (Wildman–Crippen MR) is 73.4 cm³/mol. The second-order valence-electron chi connectivity index (χ2n) is 4.79. The fourth-order valence-electron chi connectivity index (χ4n) is 2.37. The summed E-state index contributed by atoms with van der Waals surface area (Å²) in [7, 11) is 0. The summed E-state index contributed by atoms with van der Waals surface area (Å²) in [6.45, 7) is 0. The molecule has 100 valence electrons. The fourth-order valence-corrected chi connectivity index (χ4v) is 2.37. The van der Waals surface area contributed by atoms with Crippen LogP contribution in [0.25, 0.3) is 0 Å². The van der Waals surface area contributed by atoms with Crippen LogP contribution in [0, 0.1) is 0 Å². The maximum absolute atomic E-state index is 15.0. The summed E-state index contributed by atoms with van der Waals surface area (Å²) in [4.78, 5) is 24.3. The van der Waals surface area contributed by atoms with Crippen LogP contribution < -0.4 is 5.32 Å². The molecule has 0 saturated heterocycles. The van der Waals surface area contributed by atoms with E-state index in [0.717, 1.165) is 0 Å². The molecule has 2 aromatic carbocycles. The van der Waals surface area contributed by atoms with Gasteiger partial charge in [-0.1, -0.05) is 42.5 Å². The number of alkyl halides is 1. The van der Waals surface area contributed by atoms with Gasteiger partial charge in [0.1, 0.15) is 0 Å². The fraction of sp³-hybridized carbons (Fsp3) is 0.125. The Kier molecular flexibility index (Phi) is 2.86. The van der Waals surface area contributed by atoms with Crippen LogP contribution >= 0.6 is 0 Å². The molecule has 0 aromatic heterocycles. The van der Waals surface area contributed by atoms with Gasteiger partial charge >= 0.3 is 0 Å². The van der Waals surface area contributed by atoms with Gasteiger partial charge in [-0.25, -0.2) is 4.39 Å². The van der Waals surface area contributed by atoms with Crippen LogP contribution in [0.1, 0.15) is 15.9 Å². The van der Waals surface area contributed by atoms with Crippen molar-refractivity contribution in [2.45, 2.75) is 12.1 Å². The lowest BCUT2D eigenvalue weighted by Crippen LogP contribution is -2.51. The van der Waals surface area contributed by atoms with Crippen molar-refractivity contribution in [2.24, 2.45) is 0 Å². The molecule has 1 N–H and O–H groups in total. The minimum atomic E-state index is -2.55. The number of ketones is 1. The molecule has 0 bridgehead atoms. The Morgan fingerprint density at radius 3 is 2.35 bits per heavy atom. The second kappa shape index (κ2) is 4.56. The van der Waals surface area contributed by atoms with Gasteiger partial charge in [-0.15, -0.1) is 0 Å². The molecule has 0 fully saturated rings. The summed E-state index contributed by atoms with van der Waals surface area (Å²) in [6, 6.07) is 15.1. The van der Waals surface area contributed by atoms with Gasteiger partial charge in [-0.05, 0) is 17.7 Å². The Balaban J connectivity index is 2.01. The van der Waals surface area contributed by atoms with Gasteiger partial charge in [0.05, 0.1) is 5.69 Å². The van der Waals surface area contributed by atoms with Crippen molar-refractivity contribution in [1.82, 2.24) is 0 Å². The summed E-state index contributed by atoms with van der Waals surface area (Å²) >= 11 is 0. The van der Waals surface area contributed by atoms with E-state index in [4.69, 9.17) is 0 Å². The van der Waals surface area contributed by atoms with Crippen LogP contribution in [0.3, 0.4) is 0 Å². The molecular formula is C16H12FNO2. The third-order valence-corrected chi connectivity index (χ3v) is 3.43. The minimum Gasteiger partial charge on any atom is -0.322 e. The number of halogens is 1. The molecule has 0 saturated carbocycles. The first-order chi connectivity index (χ1) is 9.61. The highest BCUT2D eigenvalue weighted by Gasteiger charge is 2.50. The summed E-state index contributed by atoms with van der Waals surface area (Å²) < 4.78 is 15.0. The average Bonchev–Trinajstić information content (AvgIpc) is 2.47. The first-order valence-corrected chi connectivity index (χ1v) is 6.29. The summed E-state index contributed by atoms with van der Waals surface area (Å²) in [5.41, 5.74) is -1.36. The monoisotopic (exact) mass is 269 g/mol. The highest BCUT2D eigenvalue weighted by molar-refractivity contribution is 6.26. The summed E-state index contributed by atoms with van der Waals surface area (Å²) in [5.74, 6) is -1.68. The van der Waals surface area contributed by atoms with E-state index in [1.807, 2.05) is 0 Å². The number of para-hydroxylation sites is 1. The Morgan fingerprint density at radius 2 is 1.60 bits per heavy atom. The number of benzene rings is 2. The van der Waals surface area contributed by atoms with Gasteiger partial charge in [-0.2, -0.15) is 0 Å². The molecule has 4 heteroatoms. The molecule has 1 amide bonds. The van der Waals surface area contributed by atoms with E-state index in [-0.39, 0.29) is 12.0 Å². The Morgan fingerprint density at radius 1 is 0.950 bits per heavy atom. The quantitative estimate of drug-likeness (QED) is 0.852. The molecule has 1 heterocycles. The number of hydrogen-bond donors (Lipinski definition) is 1. The van der Waals surface area contributed by atoms with Crippen molar-refractivity contribution in [3.05, 3.63) is 65.7 Å². The molecule has 20 heavy (non-hydrogen) atoms. The molecule has 3 rings (SSSR count). The van der Waals surface area contributed by atoms with E-state index >= 15 is 0 Å². The zero-order valence-electron chi connectivity index (χ0n) is 10.6. The van der Waals surface area contributed by atoms with Crippen LogP contribution in [0.5, 0.6) is 0 Å². The number of amides is 1. The van der Waals surface area contributed by atoms with E-state index in [0.29, 0.717) is 11.3 Å². The number of nitrogens with one attached hydrogen (secondary N) is 1. The van der Waals surface area contributed by atoms with E-state index in [9.17, 15) is 14.0 Å². The lowest BCUT2D eigenvalue weighted by molar-refractivity contribution is -0.124. The van der Waals surface area contributed by atoms with E-state index in [2.05, 4.69) is 5.32 Å². The maximum atomic E-state index is 15.0. The lowest BCUT2D eigenvalue weighted by atomic mass is 9.84. The number of hydrogen-bond acceptors (Lipinski definition) is 2. The van der Waals surface area contributed by atoms with Crippen LogP contribution in [0.15, 0.2) is 54.6 Å². The molecule has 1 atom stereocenters. The number of carbonyl (C=O) groups excluding carboxylic acids is 2. The third kappa shape index (κ3) is 1.90. The normalized spacial score (nSPS) is 21.2. The standard InChI is InChI=1S/C16H12FNO2/c17-16(10-11-6-2-1-3-7-11)14(19)12-8-4-5-9-13(12)18-15(16)20/h1-9H,10H2,(H,18,20)/t16-/m1/s1. The number of fused-ring (bicyclic) bond motifs is 1. The molecular weight excluding hydrogens is 257 g/mol. The first-order valence-electron chi connectivity index (χ1n) is 6.29. The highest BCUT2D eigenvalue weighted by atomic mass is 19.1. The minimum absolute atomic E-state index is 0.213. The zero-order valence-corrected chi connectivity index (χ0v) is 10.6. The SMILES string of the molecule is O=C1Nc2ccccc2C(=O)[C@]1(F)Cc1ccccc1.